The van der Waals surface area contributed by atoms with Gasteiger partial charge in [0.25, 0.3) is 0 Å². The highest BCUT2D eigenvalue weighted by molar-refractivity contribution is 5.87. The fourth-order valence-corrected chi connectivity index (χ4v) is 3.54. The molecule has 2 aromatic rings. The van der Waals surface area contributed by atoms with Gasteiger partial charge in [-0.15, -0.1) is 0 Å². The van der Waals surface area contributed by atoms with Gasteiger partial charge in [0.05, 0.1) is 5.56 Å². The molecule has 4 nitrogen and oxygen atoms in total. The molecule has 1 heterocycles. The fraction of sp³-hybridized carbons (Fsp3) is 0.333. The van der Waals surface area contributed by atoms with Crippen LogP contribution in [0.15, 0.2) is 48.5 Å². The van der Waals surface area contributed by atoms with Crippen molar-refractivity contribution in [3.05, 3.63) is 70.8 Å². The molecule has 28 heavy (non-hydrogen) atoms. The number of primary amides is 1. The SMILES string of the molecule is CC(CC(=O)N1Cc2ccccc2C[C@H]1C(N)=O)c1ccc(C(F)(F)F)cc1. The third kappa shape index (κ3) is 4.18. The van der Waals surface area contributed by atoms with Crippen molar-refractivity contribution in [3.63, 3.8) is 0 Å². The minimum Gasteiger partial charge on any atom is -0.368 e. The third-order valence-electron chi connectivity index (χ3n) is 5.19. The first kappa shape index (κ1) is 19.9. The Morgan fingerprint density at radius 3 is 2.29 bits per heavy atom. The molecule has 0 spiro atoms. The first-order valence-electron chi connectivity index (χ1n) is 8.99. The van der Waals surface area contributed by atoms with Crippen molar-refractivity contribution in [1.82, 2.24) is 4.90 Å². The van der Waals surface area contributed by atoms with Gasteiger partial charge in [0, 0.05) is 19.4 Å². The number of benzene rings is 2. The molecular formula is C21H21F3N2O2. The van der Waals surface area contributed by atoms with E-state index in [2.05, 4.69) is 0 Å². The third-order valence-corrected chi connectivity index (χ3v) is 5.19. The zero-order valence-corrected chi connectivity index (χ0v) is 15.4. The lowest BCUT2D eigenvalue weighted by atomic mass is 9.91. The van der Waals surface area contributed by atoms with Gasteiger partial charge >= 0.3 is 6.18 Å². The summed E-state index contributed by atoms with van der Waals surface area (Å²) in [4.78, 5) is 26.2. The van der Waals surface area contributed by atoms with Crippen LogP contribution in [-0.4, -0.2) is 22.8 Å². The number of carbonyl (C=O) groups excluding carboxylic acids is 2. The molecule has 2 aromatic carbocycles. The number of hydrogen-bond donors (Lipinski definition) is 1. The molecule has 0 radical (unpaired) electrons. The molecule has 3 rings (SSSR count). The molecule has 148 valence electrons. The largest absolute Gasteiger partial charge is 0.416 e. The first-order chi connectivity index (χ1) is 13.2. The number of nitrogens with two attached hydrogens (primary N) is 1. The first-order valence-corrected chi connectivity index (χ1v) is 8.99. The number of alkyl halides is 3. The van der Waals surface area contributed by atoms with Crippen molar-refractivity contribution in [2.24, 2.45) is 5.73 Å². The van der Waals surface area contributed by atoms with Gasteiger partial charge in [-0.3, -0.25) is 9.59 Å². The fourth-order valence-electron chi connectivity index (χ4n) is 3.54. The molecule has 2 N–H and O–H groups in total. The smallest absolute Gasteiger partial charge is 0.368 e. The van der Waals surface area contributed by atoms with Crippen LogP contribution in [0.3, 0.4) is 0 Å². The topological polar surface area (TPSA) is 63.4 Å². The van der Waals surface area contributed by atoms with Crippen LogP contribution in [0.5, 0.6) is 0 Å². The summed E-state index contributed by atoms with van der Waals surface area (Å²) < 4.78 is 38.1. The Kier molecular flexibility index (Phi) is 5.45. The van der Waals surface area contributed by atoms with E-state index in [1.165, 1.54) is 17.0 Å². The highest BCUT2D eigenvalue weighted by Gasteiger charge is 2.34. The van der Waals surface area contributed by atoms with Crippen LogP contribution < -0.4 is 5.73 Å². The number of rotatable bonds is 4. The van der Waals surface area contributed by atoms with Gasteiger partial charge in [0.15, 0.2) is 0 Å². The molecule has 1 aliphatic rings. The molecule has 1 aliphatic heterocycles. The van der Waals surface area contributed by atoms with Crippen molar-refractivity contribution in [3.8, 4) is 0 Å². The molecule has 2 atom stereocenters. The maximum absolute atomic E-state index is 12.9. The number of nitrogens with zero attached hydrogens (tertiary/aromatic N) is 1. The normalized spacial score (nSPS) is 17.7. The summed E-state index contributed by atoms with van der Waals surface area (Å²) in [7, 11) is 0. The summed E-state index contributed by atoms with van der Waals surface area (Å²) in [6.45, 7) is 2.07. The molecule has 0 saturated carbocycles. The molecular weight excluding hydrogens is 369 g/mol. The number of fused-ring (bicyclic) bond motifs is 1. The lowest BCUT2D eigenvalue weighted by molar-refractivity contribution is -0.141. The van der Waals surface area contributed by atoms with Crippen LogP contribution in [0.1, 0.15) is 41.5 Å². The molecule has 0 saturated heterocycles. The highest BCUT2D eigenvalue weighted by atomic mass is 19.4. The summed E-state index contributed by atoms with van der Waals surface area (Å²) >= 11 is 0. The van der Waals surface area contributed by atoms with E-state index in [0.29, 0.717) is 18.5 Å². The van der Waals surface area contributed by atoms with Crippen LogP contribution in [-0.2, 0) is 28.7 Å². The van der Waals surface area contributed by atoms with E-state index < -0.39 is 23.7 Å². The average molecular weight is 390 g/mol. The van der Waals surface area contributed by atoms with Gasteiger partial charge in [-0.25, -0.2) is 0 Å². The summed E-state index contributed by atoms with van der Waals surface area (Å²) in [6.07, 6.45) is -3.95. The van der Waals surface area contributed by atoms with Gasteiger partial charge in [0.1, 0.15) is 6.04 Å². The number of amides is 2. The number of carbonyl (C=O) groups is 2. The van der Waals surface area contributed by atoms with Crippen LogP contribution in [0.25, 0.3) is 0 Å². The maximum atomic E-state index is 12.9. The molecule has 0 aliphatic carbocycles. The molecule has 2 amide bonds. The van der Waals surface area contributed by atoms with Crippen molar-refractivity contribution in [2.45, 2.75) is 44.4 Å². The Morgan fingerprint density at radius 1 is 1.11 bits per heavy atom. The zero-order valence-electron chi connectivity index (χ0n) is 15.4. The van der Waals surface area contributed by atoms with Crippen molar-refractivity contribution >= 4 is 11.8 Å². The Balaban J connectivity index is 1.75. The minimum atomic E-state index is -4.40. The molecule has 0 aromatic heterocycles. The maximum Gasteiger partial charge on any atom is 0.416 e. The van der Waals surface area contributed by atoms with E-state index in [-0.39, 0.29) is 18.2 Å². The molecule has 1 unspecified atom stereocenters. The van der Waals surface area contributed by atoms with Gasteiger partial charge in [-0.1, -0.05) is 43.3 Å². The number of halogens is 3. The van der Waals surface area contributed by atoms with E-state index in [9.17, 15) is 22.8 Å². The second kappa shape index (κ2) is 7.66. The van der Waals surface area contributed by atoms with Crippen molar-refractivity contribution in [1.29, 1.82) is 0 Å². The van der Waals surface area contributed by atoms with Gasteiger partial charge in [-0.05, 0) is 34.7 Å². The minimum absolute atomic E-state index is 0.0807. The van der Waals surface area contributed by atoms with E-state index >= 15 is 0 Å². The van der Waals surface area contributed by atoms with Crippen LogP contribution in [0.4, 0.5) is 13.2 Å². The van der Waals surface area contributed by atoms with Crippen molar-refractivity contribution < 1.29 is 22.8 Å². The predicted molar refractivity (Wildman–Crippen MR) is 98.2 cm³/mol. The molecule has 0 fully saturated rings. The second-order valence-corrected chi connectivity index (χ2v) is 7.14. The molecule has 0 bridgehead atoms. The summed E-state index contributed by atoms with van der Waals surface area (Å²) in [6, 6.07) is 11.7. The van der Waals surface area contributed by atoms with Crippen LogP contribution >= 0.6 is 0 Å². The van der Waals surface area contributed by atoms with Gasteiger partial charge in [0.2, 0.25) is 11.8 Å². The van der Waals surface area contributed by atoms with Crippen LogP contribution in [0.2, 0.25) is 0 Å². The summed E-state index contributed by atoms with van der Waals surface area (Å²) in [5, 5.41) is 0. The summed E-state index contributed by atoms with van der Waals surface area (Å²) in [5.41, 5.74) is 7.38. The Labute approximate surface area is 161 Å². The zero-order chi connectivity index (χ0) is 20.5. The van der Waals surface area contributed by atoms with Gasteiger partial charge in [-0.2, -0.15) is 13.2 Å². The lowest BCUT2D eigenvalue weighted by Gasteiger charge is -2.35. The Bertz CT molecular complexity index is 878. The van der Waals surface area contributed by atoms with Gasteiger partial charge < -0.3 is 10.6 Å². The van der Waals surface area contributed by atoms with E-state index in [1.807, 2.05) is 24.3 Å². The molecule has 7 heteroatoms. The second-order valence-electron chi connectivity index (χ2n) is 7.14. The van der Waals surface area contributed by atoms with Crippen molar-refractivity contribution in [2.75, 3.05) is 0 Å². The van der Waals surface area contributed by atoms with E-state index in [0.717, 1.165) is 23.3 Å². The Hall–Kier alpha value is -2.83. The summed E-state index contributed by atoms with van der Waals surface area (Å²) in [5.74, 6) is -1.10. The Morgan fingerprint density at radius 2 is 1.71 bits per heavy atom. The highest BCUT2D eigenvalue weighted by Crippen LogP contribution is 2.31. The quantitative estimate of drug-likeness (QED) is 0.866. The van der Waals surface area contributed by atoms with E-state index in [1.54, 1.807) is 6.92 Å². The lowest BCUT2D eigenvalue weighted by Crippen LogP contribution is -2.51. The monoisotopic (exact) mass is 390 g/mol. The standard InChI is InChI=1S/C21H21F3N2O2/c1-13(14-6-8-17(9-7-14)21(22,23)24)10-19(27)26-12-16-5-3-2-4-15(16)11-18(26)20(25)28/h2-9,13,18H,10-12H2,1H3,(H2,25,28)/t13?,18-/m0/s1. The van der Waals surface area contributed by atoms with E-state index in [4.69, 9.17) is 5.73 Å². The predicted octanol–water partition coefficient (Wildman–Crippen LogP) is 3.64. The average Bonchev–Trinajstić information content (AvgIpc) is 2.66. The van der Waals surface area contributed by atoms with Crippen LogP contribution in [0, 0.1) is 0 Å². The number of hydrogen-bond acceptors (Lipinski definition) is 2.